The minimum atomic E-state index is -0.945. The van der Waals surface area contributed by atoms with Gasteiger partial charge in [-0.15, -0.1) is 6.58 Å². The highest BCUT2D eigenvalue weighted by Gasteiger charge is 2.46. The van der Waals surface area contributed by atoms with Gasteiger partial charge in [0.2, 0.25) is 0 Å². The highest BCUT2D eigenvalue weighted by Crippen LogP contribution is 2.24. The van der Waals surface area contributed by atoms with Crippen LogP contribution in [0, 0.1) is 0 Å². The van der Waals surface area contributed by atoms with E-state index in [1.165, 1.54) is 26.8 Å². The van der Waals surface area contributed by atoms with E-state index in [4.69, 9.17) is 23.7 Å². The summed E-state index contributed by atoms with van der Waals surface area (Å²) >= 11 is 0. The molecule has 4 atom stereocenters. The Bertz CT molecular complexity index is 447. The number of hydrogen-bond donors (Lipinski definition) is 0. The van der Waals surface area contributed by atoms with Crippen molar-refractivity contribution >= 4 is 17.9 Å². The molecule has 0 N–H and O–H groups in total. The molecule has 0 aliphatic carbocycles. The predicted octanol–water partition coefficient (Wildman–Crippen LogP) is 0.383. The zero-order chi connectivity index (χ0) is 17.4. The van der Waals surface area contributed by atoms with Gasteiger partial charge >= 0.3 is 17.9 Å². The molecule has 0 spiro atoms. The molecule has 8 nitrogen and oxygen atoms in total. The largest absolute Gasteiger partial charge is 0.463 e. The van der Waals surface area contributed by atoms with Crippen molar-refractivity contribution in [2.45, 2.75) is 45.2 Å². The summed E-state index contributed by atoms with van der Waals surface area (Å²) in [6.07, 6.45) is -1.66. The molecular weight excluding hydrogens is 308 g/mol. The SMILES string of the molecule is C=CCO[C@H]1CO[C@H](COC(C)=O)[C@H](OC(C)=O)[C@@H]1OC(C)=O. The molecule has 1 aliphatic rings. The van der Waals surface area contributed by atoms with Gasteiger partial charge in [-0.05, 0) is 0 Å². The molecule has 0 bridgehead atoms. The minimum absolute atomic E-state index is 0.0927. The number of hydrogen-bond acceptors (Lipinski definition) is 8. The van der Waals surface area contributed by atoms with Crippen molar-refractivity contribution in [3.8, 4) is 0 Å². The highest BCUT2D eigenvalue weighted by molar-refractivity contribution is 5.67. The van der Waals surface area contributed by atoms with Gasteiger partial charge in [-0.1, -0.05) is 6.08 Å². The molecular formula is C15H22O8. The molecule has 0 radical (unpaired) electrons. The fraction of sp³-hybridized carbons (Fsp3) is 0.667. The van der Waals surface area contributed by atoms with Crippen LogP contribution in [-0.4, -0.2) is 62.1 Å². The second-order valence-corrected chi connectivity index (χ2v) is 4.98. The van der Waals surface area contributed by atoms with E-state index in [2.05, 4.69) is 6.58 Å². The third-order valence-electron chi connectivity index (χ3n) is 3.01. The van der Waals surface area contributed by atoms with Crippen LogP contribution in [-0.2, 0) is 38.1 Å². The lowest BCUT2D eigenvalue weighted by atomic mass is 9.99. The van der Waals surface area contributed by atoms with E-state index in [1.54, 1.807) is 0 Å². The molecule has 0 aromatic rings. The van der Waals surface area contributed by atoms with Crippen molar-refractivity contribution in [2.75, 3.05) is 19.8 Å². The molecule has 0 saturated carbocycles. The van der Waals surface area contributed by atoms with Crippen molar-refractivity contribution in [2.24, 2.45) is 0 Å². The summed E-state index contributed by atoms with van der Waals surface area (Å²) in [5.74, 6) is -1.62. The van der Waals surface area contributed by atoms with Crippen LogP contribution in [0.3, 0.4) is 0 Å². The van der Waals surface area contributed by atoms with Crippen molar-refractivity contribution < 1.29 is 38.1 Å². The van der Waals surface area contributed by atoms with Gasteiger partial charge < -0.3 is 23.7 Å². The quantitative estimate of drug-likeness (QED) is 0.375. The molecule has 0 aromatic heterocycles. The lowest BCUT2D eigenvalue weighted by molar-refractivity contribution is -0.231. The summed E-state index contributed by atoms with van der Waals surface area (Å²) < 4.78 is 26.5. The number of esters is 3. The molecule has 1 saturated heterocycles. The second kappa shape index (κ2) is 9.26. The lowest BCUT2D eigenvalue weighted by Gasteiger charge is -2.40. The Morgan fingerprint density at radius 1 is 1.09 bits per heavy atom. The Labute approximate surface area is 134 Å². The zero-order valence-electron chi connectivity index (χ0n) is 13.5. The van der Waals surface area contributed by atoms with Gasteiger partial charge in [-0.2, -0.15) is 0 Å². The van der Waals surface area contributed by atoms with Crippen LogP contribution in [0.1, 0.15) is 20.8 Å². The van der Waals surface area contributed by atoms with Crippen LogP contribution in [0.2, 0.25) is 0 Å². The monoisotopic (exact) mass is 330 g/mol. The Kier molecular flexibility index (Phi) is 7.70. The molecule has 23 heavy (non-hydrogen) atoms. The van der Waals surface area contributed by atoms with E-state index in [-0.39, 0.29) is 19.8 Å². The maximum absolute atomic E-state index is 11.4. The third kappa shape index (κ3) is 6.37. The van der Waals surface area contributed by atoms with Crippen LogP contribution in [0.5, 0.6) is 0 Å². The smallest absolute Gasteiger partial charge is 0.303 e. The highest BCUT2D eigenvalue weighted by atomic mass is 16.6. The first-order valence-electron chi connectivity index (χ1n) is 7.17. The standard InChI is InChI=1S/C15H22O8/c1-5-6-19-12-8-21-13(7-20-9(2)16)15(23-11(4)18)14(12)22-10(3)17/h5,12-15H,1,6-8H2,2-4H3/t12-,13+,14+,15-/m0/s1. The third-order valence-corrected chi connectivity index (χ3v) is 3.01. The van der Waals surface area contributed by atoms with Gasteiger partial charge in [0.1, 0.15) is 18.8 Å². The van der Waals surface area contributed by atoms with E-state index >= 15 is 0 Å². The molecule has 0 unspecified atom stereocenters. The van der Waals surface area contributed by atoms with Crippen LogP contribution in [0.4, 0.5) is 0 Å². The average Bonchev–Trinajstić information content (AvgIpc) is 2.45. The molecule has 8 heteroatoms. The molecule has 0 aromatic carbocycles. The summed E-state index contributed by atoms with van der Waals surface area (Å²) in [5, 5.41) is 0. The van der Waals surface area contributed by atoms with Crippen molar-refractivity contribution in [1.29, 1.82) is 0 Å². The van der Waals surface area contributed by atoms with Gasteiger partial charge in [0.05, 0.1) is 13.2 Å². The first-order chi connectivity index (χ1) is 10.8. The Hall–Kier alpha value is -1.93. The van der Waals surface area contributed by atoms with E-state index in [0.29, 0.717) is 0 Å². The van der Waals surface area contributed by atoms with Gasteiger partial charge in [-0.3, -0.25) is 14.4 Å². The average molecular weight is 330 g/mol. The van der Waals surface area contributed by atoms with Gasteiger partial charge in [0.15, 0.2) is 12.2 Å². The fourth-order valence-electron chi connectivity index (χ4n) is 2.18. The number of rotatable bonds is 7. The van der Waals surface area contributed by atoms with E-state index < -0.39 is 42.3 Å². The molecule has 1 fully saturated rings. The molecule has 1 aliphatic heterocycles. The summed E-state index contributed by atoms with van der Waals surface area (Å²) in [5.41, 5.74) is 0. The Morgan fingerprint density at radius 3 is 2.22 bits per heavy atom. The van der Waals surface area contributed by atoms with Crippen molar-refractivity contribution in [1.82, 2.24) is 0 Å². The predicted molar refractivity (Wildman–Crippen MR) is 77.4 cm³/mol. The van der Waals surface area contributed by atoms with Gasteiger partial charge in [0.25, 0.3) is 0 Å². The number of carbonyl (C=O) groups excluding carboxylic acids is 3. The molecule has 1 rings (SSSR count). The minimum Gasteiger partial charge on any atom is -0.463 e. The fourth-order valence-corrected chi connectivity index (χ4v) is 2.18. The molecule has 130 valence electrons. The van der Waals surface area contributed by atoms with Crippen LogP contribution in [0.25, 0.3) is 0 Å². The maximum Gasteiger partial charge on any atom is 0.303 e. The molecule has 0 amide bonds. The van der Waals surface area contributed by atoms with E-state index in [9.17, 15) is 14.4 Å². The van der Waals surface area contributed by atoms with E-state index in [0.717, 1.165) is 0 Å². The number of carbonyl (C=O) groups is 3. The topological polar surface area (TPSA) is 97.4 Å². The van der Waals surface area contributed by atoms with Gasteiger partial charge in [0, 0.05) is 20.8 Å². The Morgan fingerprint density at radius 2 is 1.70 bits per heavy atom. The first kappa shape index (κ1) is 19.1. The second-order valence-electron chi connectivity index (χ2n) is 4.98. The first-order valence-corrected chi connectivity index (χ1v) is 7.17. The zero-order valence-corrected chi connectivity index (χ0v) is 13.5. The van der Waals surface area contributed by atoms with Crippen LogP contribution >= 0.6 is 0 Å². The van der Waals surface area contributed by atoms with Crippen LogP contribution in [0.15, 0.2) is 12.7 Å². The van der Waals surface area contributed by atoms with Crippen molar-refractivity contribution in [3.05, 3.63) is 12.7 Å². The van der Waals surface area contributed by atoms with Crippen LogP contribution < -0.4 is 0 Å². The maximum atomic E-state index is 11.4. The Balaban J connectivity index is 2.93. The summed E-state index contributed by atoms with van der Waals surface area (Å²) in [4.78, 5) is 33.7. The summed E-state index contributed by atoms with van der Waals surface area (Å²) in [6.45, 7) is 7.45. The summed E-state index contributed by atoms with van der Waals surface area (Å²) in [6, 6.07) is 0. The summed E-state index contributed by atoms with van der Waals surface area (Å²) in [7, 11) is 0. The number of ether oxygens (including phenoxy) is 5. The lowest BCUT2D eigenvalue weighted by Crippen LogP contribution is -2.58. The van der Waals surface area contributed by atoms with E-state index in [1.807, 2.05) is 0 Å². The van der Waals surface area contributed by atoms with Crippen molar-refractivity contribution in [3.63, 3.8) is 0 Å². The molecule has 1 heterocycles. The van der Waals surface area contributed by atoms with Gasteiger partial charge in [-0.25, -0.2) is 0 Å². The normalized spacial score (nSPS) is 26.9.